The second-order valence-electron chi connectivity index (χ2n) is 6.33. The van der Waals surface area contributed by atoms with Gasteiger partial charge >= 0.3 is 0 Å². The highest BCUT2D eigenvalue weighted by molar-refractivity contribution is 9.10. The number of halogens is 1. The first-order chi connectivity index (χ1) is 13.6. The van der Waals surface area contributed by atoms with Crippen molar-refractivity contribution in [2.24, 2.45) is 0 Å². The number of anilines is 1. The molecule has 0 bridgehead atoms. The first kappa shape index (κ1) is 18.6. The lowest BCUT2D eigenvalue weighted by Crippen LogP contribution is -2.11. The average molecular weight is 449 g/mol. The Balaban J connectivity index is 1.54. The van der Waals surface area contributed by atoms with Gasteiger partial charge in [0.05, 0.1) is 5.69 Å². The van der Waals surface area contributed by atoms with Crippen LogP contribution < -0.4 is 5.32 Å². The molecule has 0 aliphatic carbocycles. The highest BCUT2D eigenvalue weighted by Gasteiger charge is 2.12. The van der Waals surface area contributed by atoms with Gasteiger partial charge in [-0.1, -0.05) is 64.5 Å². The molecule has 0 radical (unpaired) electrons. The number of amides is 1. The number of nitrogens with zero attached hydrogens (tertiary/aromatic N) is 1. The minimum absolute atomic E-state index is 0.134. The number of benzene rings is 3. The zero-order chi connectivity index (χ0) is 19.5. The molecule has 1 aromatic heterocycles. The van der Waals surface area contributed by atoms with E-state index in [9.17, 15) is 4.79 Å². The maximum absolute atomic E-state index is 12.4. The number of rotatable bonds is 4. The molecule has 0 saturated carbocycles. The van der Waals surface area contributed by atoms with E-state index < -0.39 is 0 Å². The molecular formula is C23H17BrN2OS. The van der Waals surface area contributed by atoms with Gasteiger partial charge in [0, 0.05) is 31.7 Å². The normalized spacial score (nSPS) is 10.6. The van der Waals surface area contributed by atoms with Gasteiger partial charge in [0.1, 0.15) is 5.01 Å². The summed E-state index contributed by atoms with van der Waals surface area (Å²) >= 11 is 5.08. The van der Waals surface area contributed by atoms with Crippen molar-refractivity contribution in [3.8, 4) is 21.8 Å². The average Bonchev–Trinajstić information content (AvgIpc) is 3.11. The van der Waals surface area contributed by atoms with E-state index in [4.69, 9.17) is 4.98 Å². The Bertz CT molecular complexity index is 1120. The van der Waals surface area contributed by atoms with Crippen molar-refractivity contribution in [1.29, 1.82) is 0 Å². The lowest BCUT2D eigenvalue weighted by atomic mass is 10.1. The van der Waals surface area contributed by atoms with Crippen molar-refractivity contribution in [1.82, 2.24) is 4.98 Å². The number of nitrogens with one attached hydrogen (secondary N) is 1. The summed E-state index contributed by atoms with van der Waals surface area (Å²) in [6, 6.07) is 25.3. The largest absolute Gasteiger partial charge is 0.322 e. The second kappa shape index (κ2) is 8.09. The van der Waals surface area contributed by atoms with Gasteiger partial charge < -0.3 is 5.32 Å². The molecule has 0 aliphatic heterocycles. The van der Waals surface area contributed by atoms with Crippen LogP contribution in [0.1, 0.15) is 15.2 Å². The van der Waals surface area contributed by atoms with Crippen LogP contribution >= 0.6 is 27.3 Å². The minimum atomic E-state index is -0.134. The van der Waals surface area contributed by atoms with E-state index in [2.05, 4.69) is 40.3 Å². The molecule has 3 nitrogen and oxygen atoms in total. The van der Waals surface area contributed by atoms with Crippen LogP contribution in [0.2, 0.25) is 0 Å². The lowest BCUT2D eigenvalue weighted by molar-refractivity contribution is 0.102. The van der Waals surface area contributed by atoms with Gasteiger partial charge in [0.15, 0.2) is 0 Å². The van der Waals surface area contributed by atoms with E-state index in [-0.39, 0.29) is 5.91 Å². The van der Waals surface area contributed by atoms with Gasteiger partial charge in [-0.15, -0.1) is 11.3 Å². The second-order valence-corrected chi connectivity index (χ2v) is 8.45. The summed E-state index contributed by atoms with van der Waals surface area (Å²) in [5.41, 5.74) is 4.51. The van der Waals surface area contributed by atoms with Crippen molar-refractivity contribution in [3.05, 3.63) is 93.8 Å². The van der Waals surface area contributed by atoms with Crippen LogP contribution in [0.5, 0.6) is 0 Å². The Labute approximate surface area is 176 Å². The number of hydrogen-bond acceptors (Lipinski definition) is 3. The van der Waals surface area contributed by atoms with Gasteiger partial charge in [0.2, 0.25) is 0 Å². The number of aryl methyl sites for hydroxylation is 1. The Morgan fingerprint density at radius 3 is 2.39 bits per heavy atom. The molecule has 4 rings (SSSR count). The fourth-order valence-electron chi connectivity index (χ4n) is 2.91. The Morgan fingerprint density at radius 2 is 1.68 bits per heavy atom. The molecule has 1 amide bonds. The van der Waals surface area contributed by atoms with Crippen LogP contribution in [0.4, 0.5) is 5.69 Å². The molecule has 138 valence electrons. The molecule has 0 spiro atoms. The zero-order valence-corrected chi connectivity index (χ0v) is 17.5. The molecule has 1 heterocycles. The molecule has 0 aliphatic rings. The molecular weight excluding hydrogens is 432 g/mol. The van der Waals surface area contributed by atoms with Crippen molar-refractivity contribution in [2.75, 3.05) is 5.32 Å². The van der Waals surface area contributed by atoms with Crippen LogP contribution in [0, 0.1) is 6.92 Å². The first-order valence-electron chi connectivity index (χ1n) is 8.80. The van der Waals surface area contributed by atoms with E-state index in [0.29, 0.717) is 5.56 Å². The van der Waals surface area contributed by atoms with Gasteiger partial charge in [0.25, 0.3) is 5.91 Å². The van der Waals surface area contributed by atoms with Gasteiger partial charge in [-0.3, -0.25) is 4.79 Å². The van der Waals surface area contributed by atoms with Crippen LogP contribution in [0.25, 0.3) is 21.8 Å². The maximum Gasteiger partial charge on any atom is 0.255 e. The lowest BCUT2D eigenvalue weighted by Gasteiger charge is -2.07. The highest BCUT2D eigenvalue weighted by atomic mass is 79.9. The summed E-state index contributed by atoms with van der Waals surface area (Å²) in [5.74, 6) is -0.134. The van der Waals surface area contributed by atoms with Crippen LogP contribution in [0.15, 0.2) is 83.3 Å². The molecule has 1 N–H and O–H groups in total. The van der Waals surface area contributed by atoms with Crippen molar-refractivity contribution in [2.45, 2.75) is 6.92 Å². The fourth-order valence-corrected chi connectivity index (χ4v) is 4.25. The SMILES string of the molecule is Cc1sc(-c2ccccc2)nc1-c1ccc(NC(=O)c2cccc(Br)c2)cc1. The number of carbonyl (C=O) groups is 1. The number of hydrogen-bond donors (Lipinski definition) is 1. The van der Waals surface area contributed by atoms with Crippen LogP contribution in [-0.2, 0) is 0 Å². The minimum Gasteiger partial charge on any atom is -0.322 e. The summed E-state index contributed by atoms with van der Waals surface area (Å²) in [5, 5.41) is 3.95. The van der Waals surface area contributed by atoms with Crippen LogP contribution in [-0.4, -0.2) is 10.9 Å². The number of thiazole rings is 1. The quantitative estimate of drug-likeness (QED) is 0.372. The van der Waals surface area contributed by atoms with Crippen molar-refractivity contribution >= 4 is 38.9 Å². The van der Waals surface area contributed by atoms with Crippen molar-refractivity contribution in [3.63, 3.8) is 0 Å². The van der Waals surface area contributed by atoms with E-state index in [1.807, 2.05) is 54.6 Å². The standard InChI is InChI=1S/C23H17BrN2OS/c1-15-21(26-23(28-15)17-6-3-2-4-7-17)16-10-12-20(13-11-16)25-22(27)18-8-5-9-19(24)14-18/h2-14H,1H3,(H,25,27). The molecule has 4 aromatic rings. The number of aromatic nitrogens is 1. The molecule has 5 heteroatoms. The summed E-state index contributed by atoms with van der Waals surface area (Å²) in [6.45, 7) is 2.09. The smallest absolute Gasteiger partial charge is 0.255 e. The summed E-state index contributed by atoms with van der Waals surface area (Å²) in [7, 11) is 0. The Kier molecular flexibility index (Phi) is 5.37. The van der Waals surface area contributed by atoms with Gasteiger partial charge in [-0.2, -0.15) is 0 Å². The Hall–Kier alpha value is -2.76. The molecule has 0 fully saturated rings. The van der Waals surface area contributed by atoms with Crippen molar-refractivity contribution < 1.29 is 4.79 Å². The molecule has 0 atom stereocenters. The predicted octanol–water partition coefficient (Wildman–Crippen LogP) is 6.80. The van der Waals surface area contributed by atoms with E-state index in [1.54, 1.807) is 23.5 Å². The summed E-state index contributed by atoms with van der Waals surface area (Å²) in [4.78, 5) is 18.4. The number of carbonyl (C=O) groups excluding carboxylic acids is 1. The van der Waals surface area contributed by atoms with Gasteiger partial charge in [-0.25, -0.2) is 4.98 Å². The topological polar surface area (TPSA) is 42.0 Å². The van der Waals surface area contributed by atoms with E-state index in [1.165, 1.54) is 4.88 Å². The molecule has 0 unspecified atom stereocenters. The predicted molar refractivity (Wildman–Crippen MR) is 120 cm³/mol. The highest BCUT2D eigenvalue weighted by Crippen LogP contribution is 2.33. The third-order valence-corrected chi connectivity index (χ3v) is 5.83. The summed E-state index contributed by atoms with van der Waals surface area (Å²) < 4.78 is 0.878. The molecule has 3 aromatic carbocycles. The zero-order valence-electron chi connectivity index (χ0n) is 15.1. The monoisotopic (exact) mass is 448 g/mol. The fraction of sp³-hybridized carbons (Fsp3) is 0.0435. The third-order valence-electron chi connectivity index (χ3n) is 4.32. The molecule has 0 saturated heterocycles. The maximum atomic E-state index is 12.4. The Morgan fingerprint density at radius 1 is 0.929 bits per heavy atom. The van der Waals surface area contributed by atoms with Gasteiger partial charge in [-0.05, 0) is 37.3 Å². The summed E-state index contributed by atoms with van der Waals surface area (Å²) in [6.07, 6.45) is 0. The third kappa shape index (κ3) is 4.06. The first-order valence-corrected chi connectivity index (χ1v) is 10.4. The molecule has 28 heavy (non-hydrogen) atoms. The van der Waals surface area contributed by atoms with E-state index >= 15 is 0 Å². The van der Waals surface area contributed by atoms with Crippen LogP contribution in [0.3, 0.4) is 0 Å². The van der Waals surface area contributed by atoms with E-state index in [0.717, 1.165) is 32.0 Å².